The van der Waals surface area contributed by atoms with Gasteiger partial charge < -0.3 is 14.3 Å². The molecule has 2 aromatic carbocycles. The Balaban J connectivity index is 1.32. The second kappa shape index (κ2) is 13.8. The zero-order chi connectivity index (χ0) is 34.8. The molecule has 1 aliphatic heterocycles. The van der Waals surface area contributed by atoms with Crippen molar-refractivity contribution in [3.63, 3.8) is 0 Å². The van der Waals surface area contributed by atoms with Crippen molar-refractivity contribution in [3.05, 3.63) is 129 Å². The third kappa shape index (κ3) is 6.83. The number of nitrogens with one attached hydrogen (secondary N) is 1. The monoisotopic (exact) mass is 666 g/mol. The van der Waals surface area contributed by atoms with Gasteiger partial charge in [-0.1, -0.05) is 24.3 Å². The maximum absolute atomic E-state index is 14.3. The van der Waals surface area contributed by atoms with Crippen molar-refractivity contribution in [2.45, 2.75) is 32.4 Å². The molecule has 3 aromatic heterocycles. The Kier molecular flexibility index (Phi) is 9.35. The van der Waals surface area contributed by atoms with Crippen LogP contribution in [0.5, 0.6) is 0 Å². The summed E-state index contributed by atoms with van der Waals surface area (Å²) in [5.41, 5.74) is 2.91. The van der Waals surface area contributed by atoms with E-state index in [4.69, 9.17) is 19.6 Å². The lowest BCUT2D eigenvalue weighted by molar-refractivity contribution is -0.158. The molecule has 0 saturated carbocycles. The zero-order valence-corrected chi connectivity index (χ0v) is 26.9. The Hall–Kier alpha value is -5.71. The van der Waals surface area contributed by atoms with Crippen LogP contribution in [0, 0.1) is 35.8 Å². The molecule has 0 radical (unpaired) electrons. The maximum Gasteiger partial charge on any atom is 0.263 e. The smallest absolute Gasteiger partial charge is 0.263 e. The lowest BCUT2D eigenvalue weighted by atomic mass is 9.90. The number of aromatic nitrogens is 3. The summed E-state index contributed by atoms with van der Waals surface area (Å²) in [6, 6.07) is 19.4. The van der Waals surface area contributed by atoms with Crippen LogP contribution in [0.4, 0.5) is 8.78 Å². The van der Waals surface area contributed by atoms with E-state index >= 15 is 0 Å². The summed E-state index contributed by atoms with van der Waals surface area (Å²) in [6.07, 6.45) is 0.860. The van der Waals surface area contributed by atoms with E-state index in [0.717, 1.165) is 12.1 Å². The van der Waals surface area contributed by atoms with E-state index in [-0.39, 0.29) is 43.0 Å². The molecule has 11 nitrogen and oxygen atoms in total. The molecule has 250 valence electrons. The quantitative estimate of drug-likeness (QED) is 0.221. The number of pyridine rings is 1. The molecule has 0 spiro atoms. The lowest BCUT2D eigenvalue weighted by Gasteiger charge is -2.18. The Morgan fingerprint density at radius 3 is 2.55 bits per heavy atom. The minimum absolute atomic E-state index is 0.0213. The van der Waals surface area contributed by atoms with Gasteiger partial charge in [0, 0.05) is 51.2 Å². The fourth-order valence-corrected chi connectivity index (χ4v) is 6.12. The SMILES string of the molecule is CNC(=O)c1cc(-c2nn(-c3ccccc3)c(CC(=O)C[C@@H]3CN(Cc4ccc(C#N)o4)O[C@H]3c3ccc(F)c(F)c3)c2C)cn(C)c1=O. The van der Waals surface area contributed by atoms with Gasteiger partial charge in [0.15, 0.2) is 11.6 Å². The predicted octanol–water partition coefficient (Wildman–Crippen LogP) is 4.96. The third-order valence-electron chi connectivity index (χ3n) is 8.53. The van der Waals surface area contributed by atoms with Crippen molar-refractivity contribution in [3.8, 4) is 23.0 Å². The van der Waals surface area contributed by atoms with Crippen molar-refractivity contribution in [1.82, 2.24) is 24.7 Å². The molecule has 0 unspecified atom stereocenters. The number of rotatable bonds is 10. The van der Waals surface area contributed by atoms with Crippen LogP contribution < -0.4 is 10.9 Å². The molecule has 49 heavy (non-hydrogen) atoms. The first-order valence-corrected chi connectivity index (χ1v) is 15.5. The summed E-state index contributed by atoms with van der Waals surface area (Å²) < 4.78 is 36.7. The van der Waals surface area contributed by atoms with Gasteiger partial charge in [0.05, 0.1) is 23.6 Å². The highest BCUT2D eigenvalue weighted by molar-refractivity contribution is 5.94. The number of carbonyl (C=O) groups excluding carboxylic acids is 2. The highest BCUT2D eigenvalue weighted by Crippen LogP contribution is 2.38. The molecule has 1 aliphatic rings. The Morgan fingerprint density at radius 1 is 1.08 bits per heavy atom. The summed E-state index contributed by atoms with van der Waals surface area (Å²) in [5, 5.41) is 18.1. The second-order valence-corrected chi connectivity index (χ2v) is 11.9. The number of furan rings is 1. The van der Waals surface area contributed by atoms with Crippen LogP contribution in [-0.4, -0.2) is 44.7 Å². The first-order valence-electron chi connectivity index (χ1n) is 15.5. The first-order chi connectivity index (χ1) is 23.6. The molecule has 0 aliphatic carbocycles. The van der Waals surface area contributed by atoms with Crippen molar-refractivity contribution < 1.29 is 27.6 Å². The number of benzene rings is 2. The lowest BCUT2D eigenvalue weighted by Crippen LogP contribution is -2.30. The number of aryl methyl sites for hydroxylation is 1. The molecule has 5 aromatic rings. The number of hydrogen-bond donors (Lipinski definition) is 1. The van der Waals surface area contributed by atoms with Crippen molar-refractivity contribution in [1.29, 1.82) is 5.26 Å². The highest BCUT2D eigenvalue weighted by Gasteiger charge is 2.38. The minimum atomic E-state index is -1.03. The number of Topliss-reactive ketones (excluding diaryl/α,β-unsaturated/α-hetero) is 1. The number of hydroxylamine groups is 2. The average molecular weight is 667 g/mol. The molecule has 0 bridgehead atoms. The van der Waals surface area contributed by atoms with Gasteiger partial charge >= 0.3 is 0 Å². The van der Waals surface area contributed by atoms with E-state index in [1.807, 2.05) is 43.3 Å². The van der Waals surface area contributed by atoms with E-state index in [2.05, 4.69) is 5.32 Å². The Bertz CT molecular complexity index is 2150. The standard InChI is InChI=1S/C36H32F2N6O5/c1-21-32(44(25-7-5-4-6-8-25)41-33(21)23-14-29(35(46)40-2)36(47)42(3)18-23)16-26(45)13-24-19-43(20-28-11-10-27(17-39)48-28)49-34(24)22-9-12-30(37)31(38)15-22/h4-12,14-15,18,24,34H,13,16,19-20H2,1-3H3,(H,40,46)/t24-,34+/m1/s1. The van der Waals surface area contributed by atoms with E-state index in [1.165, 1.54) is 23.7 Å². The molecule has 4 heterocycles. The first kappa shape index (κ1) is 33.2. The van der Waals surface area contributed by atoms with Crippen LogP contribution in [0.15, 0.2) is 82.1 Å². The van der Waals surface area contributed by atoms with Gasteiger partial charge in [-0.2, -0.15) is 15.4 Å². The molecular formula is C36H32F2N6O5. The number of halogens is 2. The van der Waals surface area contributed by atoms with Gasteiger partial charge in [-0.05, 0) is 60.5 Å². The third-order valence-corrected chi connectivity index (χ3v) is 8.53. The molecule has 6 rings (SSSR count). The van der Waals surface area contributed by atoms with Crippen LogP contribution >= 0.6 is 0 Å². The van der Waals surface area contributed by atoms with E-state index in [9.17, 15) is 23.2 Å². The normalized spacial score (nSPS) is 16.1. The summed E-state index contributed by atoms with van der Waals surface area (Å²) in [5.74, 6) is -2.51. The van der Waals surface area contributed by atoms with Crippen LogP contribution in [0.3, 0.4) is 0 Å². The number of nitriles is 1. The Morgan fingerprint density at radius 2 is 1.86 bits per heavy atom. The van der Waals surface area contributed by atoms with Gasteiger partial charge in [0.1, 0.15) is 29.3 Å². The predicted molar refractivity (Wildman–Crippen MR) is 173 cm³/mol. The topological polar surface area (TPSA) is 135 Å². The van der Waals surface area contributed by atoms with E-state index < -0.39 is 35.1 Å². The second-order valence-electron chi connectivity index (χ2n) is 11.9. The number of nitrogens with zero attached hydrogens (tertiary/aromatic N) is 5. The molecular weight excluding hydrogens is 634 g/mol. The summed E-state index contributed by atoms with van der Waals surface area (Å²) in [6.45, 7) is 2.28. The van der Waals surface area contributed by atoms with Gasteiger partial charge in [-0.15, -0.1) is 0 Å². The number of ketones is 1. The molecule has 13 heteroatoms. The number of carbonyl (C=O) groups is 2. The van der Waals surface area contributed by atoms with Crippen LogP contribution in [0.2, 0.25) is 0 Å². The fraction of sp³-hybridized carbons (Fsp3) is 0.250. The maximum atomic E-state index is 14.3. The Labute approximate surface area is 279 Å². The molecule has 1 saturated heterocycles. The van der Waals surface area contributed by atoms with Gasteiger partial charge in [0.2, 0.25) is 5.76 Å². The molecule has 1 N–H and O–H groups in total. The number of amides is 1. The fourth-order valence-electron chi connectivity index (χ4n) is 6.12. The summed E-state index contributed by atoms with van der Waals surface area (Å²) in [4.78, 5) is 45.3. The van der Waals surface area contributed by atoms with Crippen LogP contribution in [0.25, 0.3) is 16.9 Å². The minimum Gasteiger partial charge on any atom is -0.449 e. The van der Waals surface area contributed by atoms with E-state index in [1.54, 1.807) is 35.1 Å². The zero-order valence-electron chi connectivity index (χ0n) is 26.9. The van der Waals surface area contributed by atoms with Crippen molar-refractivity contribution >= 4 is 11.7 Å². The number of hydrogen-bond acceptors (Lipinski definition) is 8. The van der Waals surface area contributed by atoms with Gasteiger partial charge in [0.25, 0.3) is 11.5 Å². The number of para-hydroxylation sites is 1. The molecule has 2 atom stereocenters. The van der Waals surface area contributed by atoms with Crippen LogP contribution in [-0.2, 0) is 29.6 Å². The van der Waals surface area contributed by atoms with Crippen LogP contribution in [0.1, 0.15) is 51.2 Å². The summed E-state index contributed by atoms with van der Waals surface area (Å²) >= 11 is 0. The molecule has 1 amide bonds. The largest absolute Gasteiger partial charge is 0.449 e. The summed E-state index contributed by atoms with van der Waals surface area (Å²) in [7, 11) is 3.00. The van der Waals surface area contributed by atoms with Gasteiger partial charge in [-0.3, -0.25) is 19.2 Å². The van der Waals surface area contributed by atoms with Crippen molar-refractivity contribution in [2.24, 2.45) is 13.0 Å². The van der Waals surface area contributed by atoms with Gasteiger partial charge in [-0.25, -0.2) is 13.5 Å². The van der Waals surface area contributed by atoms with E-state index in [0.29, 0.717) is 39.5 Å². The molecule has 1 fully saturated rings. The van der Waals surface area contributed by atoms with Crippen molar-refractivity contribution in [2.75, 3.05) is 13.6 Å². The average Bonchev–Trinajstić information content (AvgIpc) is 3.81. The highest BCUT2D eigenvalue weighted by atomic mass is 19.2.